The monoisotopic (exact) mass is 253 g/mol. The van der Waals surface area contributed by atoms with E-state index in [2.05, 4.69) is 4.74 Å². The summed E-state index contributed by atoms with van der Waals surface area (Å²) < 4.78 is 10.2. The Bertz CT molecular complexity index is 377. The van der Waals surface area contributed by atoms with Gasteiger partial charge >= 0.3 is 5.97 Å². The average Bonchev–Trinajstić information content (AvgIpc) is 2.39. The van der Waals surface area contributed by atoms with Crippen molar-refractivity contribution in [3.8, 4) is 11.5 Å². The van der Waals surface area contributed by atoms with Gasteiger partial charge in [-0.15, -0.1) is 0 Å². The van der Waals surface area contributed by atoms with Gasteiger partial charge in [0.25, 0.3) is 0 Å². The van der Waals surface area contributed by atoms with E-state index in [1.165, 1.54) is 7.11 Å². The predicted molar refractivity (Wildman–Crippen MR) is 67.7 cm³/mol. The number of nitrogens with zero attached hydrogens (tertiary/aromatic N) is 1. The number of phenols is 1. The zero-order chi connectivity index (χ0) is 13.5. The minimum atomic E-state index is -0.293. The summed E-state index contributed by atoms with van der Waals surface area (Å²) in [5.74, 6) is 0.632. The number of aromatic hydroxyl groups is 1. The Labute approximate surface area is 107 Å². The van der Waals surface area contributed by atoms with Crippen LogP contribution in [0, 0.1) is 0 Å². The third-order valence-corrected chi connectivity index (χ3v) is 2.75. The minimum Gasteiger partial charge on any atom is -0.508 e. The first kappa shape index (κ1) is 14.3. The molecule has 1 N–H and O–H groups in total. The number of likely N-dealkylation sites (N-methyl/N-ethyl adjacent to an activating group) is 1. The van der Waals surface area contributed by atoms with Crippen molar-refractivity contribution in [2.24, 2.45) is 0 Å². The second-order valence-corrected chi connectivity index (χ2v) is 4.02. The van der Waals surface area contributed by atoms with E-state index < -0.39 is 0 Å². The largest absolute Gasteiger partial charge is 0.508 e. The number of ether oxygens (including phenoxy) is 2. The summed E-state index contributed by atoms with van der Waals surface area (Å²) in [4.78, 5) is 13.1. The van der Waals surface area contributed by atoms with Gasteiger partial charge in [0.05, 0.1) is 7.11 Å². The highest BCUT2D eigenvalue weighted by Crippen LogP contribution is 2.15. The Kier molecular flexibility index (Phi) is 5.45. The lowest BCUT2D eigenvalue weighted by atomic mass is 10.3. The number of esters is 1. The first-order valence-corrected chi connectivity index (χ1v) is 5.74. The van der Waals surface area contributed by atoms with Crippen LogP contribution in [-0.4, -0.2) is 49.3 Å². The van der Waals surface area contributed by atoms with Gasteiger partial charge in [0.1, 0.15) is 24.1 Å². The Morgan fingerprint density at radius 2 is 2.00 bits per heavy atom. The highest BCUT2D eigenvalue weighted by Gasteiger charge is 2.17. The molecular weight excluding hydrogens is 234 g/mol. The second kappa shape index (κ2) is 6.86. The number of carbonyl (C=O) groups excluding carboxylic acids is 1. The van der Waals surface area contributed by atoms with Crippen LogP contribution in [0.25, 0.3) is 0 Å². The van der Waals surface area contributed by atoms with Crippen LogP contribution in [-0.2, 0) is 9.53 Å². The summed E-state index contributed by atoms with van der Waals surface area (Å²) in [6.07, 6.45) is 0. The average molecular weight is 253 g/mol. The fraction of sp³-hybridized carbons (Fsp3) is 0.462. The van der Waals surface area contributed by atoms with E-state index in [9.17, 15) is 4.79 Å². The van der Waals surface area contributed by atoms with E-state index in [0.717, 1.165) is 0 Å². The van der Waals surface area contributed by atoms with Gasteiger partial charge in [-0.25, -0.2) is 0 Å². The first-order valence-electron chi connectivity index (χ1n) is 5.74. The number of phenolic OH excluding ortho intramolecular Hbond substituents is 1. The van der Waals surface area contributed by atoms with Crippen molar-refractivity contribution in [3.63, 3.8) is 0 Å². The van der Waals surface area contributed by atoms with Crippen LogP contribution in [0.5, 0.6) is 11.5 Å². The first-order chi connectivity index (χ1) is 8.54. The Morgan fingerprint density at radius 1 is 1.39 bits per heavy atom. The maximum absolute atomic E-state index is 11.3. The number of methoxy groups -OCH3 is 1. The van der Waals surface area contributed by atoms with Gasteiger partial charge in [0.15, 0.2) is 0 Å². The fourth-order valence-electron chi connectivity index (χ4n) is 1.39. The maximum atomic E-state index is 11.3. The van der Waals surface area contributed by atoms with Gasteiger partial charge in [0, 0.05) is 6.54 Å². The van der Waals surface area contributed by atoms with Gasteiger partial charge in [-0.1, -0.05) is 0 Å². The minimum absolute atomic E-state index is 0.207. The molecule has 0 heterocycles. The lowest BCUT2D eigenvalue weighted by Crippen LogP contribution is -2.39. The van der Waals surface area contributed by atoms with Crippen LogP contribution < -0.4 is 4.74 Å². The molecule has 0 saturated carbocycles. The second-order valence-electron chi connectivity index (χ2n) is 4.02. The van der Waals surface area contributed by atoms with E-state index in [4.69, 9.17) is 9.84 Å². The van der Waals surface area contributed by atoms with Crippen molar-refractivity contribution in [2.45, 2.75) is 13.0 Å². The smallest absolute Gasteiger partial charge is 0.322 e. The van der Waals surface area contributed by atoms with Crippen LogP contribution in [0.15, 0.2) is 24.3 Å². The zero-order valence-electron chi connectivity index (χ0n) is 10.9. The van der Waals surface area contributed by atoms with Crippen LogP contribution in [0.4, 0.5) is 0 Å². The van der Waals surface area contributed by atoms with Crippen LogP contribution >= 0.6 is 0 Å². The Balaban J connectivity index is 2.33. The molecule has 0 aliphatic rings. The van der Waals surface area contributed by atoms with Gasteiger partial charge < -0.3 is 14.6 Å². The summed E-state index contributed by atoms with van der Waals surface area (Å²) >= 11 is 0. The van der Waals surface area contributed by atoms with E-state index in [-0.39, 0.29) is 17.8 Å². The summed E-state index contributed by atoms with van der Waals surface area (Å²) in [5, 5.41) is 9.12. The van der Waals surface area contributed by atoms with Crippen molar-refractivity contribution in [3.05, 3.63) is 24.3 Å². The summed E-state index contributed by atoms with van der Waals surface area (Å²) in [5.41, 5.74) is 0. The highest BCUT2D eigenvalue weighted by molar-refractivity contribution is 5.75. The Hall–Kier alpha value is -1.75. The number of hydrogen-bond donors (Lipinski definition) is 1. The van der Waals surface area contributed by atoms with E-state index in [0.29, 0.717) is 18.9 Å². The van der Waals surface area contributed by atoms with Gasteiger partial charge in [-0.3, -0.25) is 9.69 Å². The number of rotatable bonds is 6. The normalized spacial score (nSPS) is 12.2. The zero-order valence-corrected chi connectivity index (χ0v) is 10.9. The molecule has 5 heteroatoms. The fourth-order valence-corrected chi connectivity index (χ4v) is 1.39. The van der Waals surface area contributed by atoms with Gasteiger partial charge in [0.2, 0.25) is 0 Å². The predicted octanol–water partition coefficient (Wildman–Crippen LogP) is 1.26. The van der Waals surface area contributed by atoms with Crippen LogP contribution in [0.3, 0.4) is 0 Å². The molecule has 0 aromatic heterocycles. The quantitative estimate of drug-likeness (QED) is 0.773. The molecule has 1 atom stereocenters. The Morgan fingerprint density at radius 3 is 2.56 bits per heavy atom. The third-order valence-electron chi connectivity index (χ3n) is 2.75. The van der Waals surface area contributed by atoms with Crippen LogP contribution in [0.1, 0.15) is 6.92 Å². The van der Waals surface area contributed by atoms with Crippen molar-refractivity contribution in [1.82, 2.24) is 4.90 Å². The number of hydrogen-bond acceptors (Lipinski definition) is 5. The molecule has 0 spiro atoms. The van der Waals surface area contributed by atoms with Gasteiger partial charge in [-0.05, 0) is 38.2 Å². The topological polar surface area (TPSA) is 59.0 Å². The third kappa shape index (κ3) is 4.25. The van der Waals surface area contributed by atoms with Crippen molar-refractivity contribution in [1.29, 1.82) is 0 Å². The lowest BCUT2D eigenvalue weighted by molar-refractivity contribution is -0.145. The molecular formula is C13H19NO4. The highest BCUT2D eigenvalue weighted by atomic mass is 16.5. The SMILES string of the molecule is COC(=O)C(C)N(C)CCOc1ccc(O)cc1. The lowest BCUT2D eigenvalue weighted by Gasteiger charge is -2.22. The molecule has 1 rings (SSSR count). The molecule has 0 saturated heterocycles. The standard InChI is InChI=1S/C13H19NO4/c1-10(13(16)17-3)14(2)8-9-18-12-6-4-11(15)5-7-12/h4-7,10,15H,8-9H2,1-3H3. The van der Waals surface area contributed by atoms with Crippen molar-refractivity contribution < 1.29 is 19.4 Å². The molecule has 0 aliphatic heterocycles. The number of carbonyl (C=O) groups is 1. The van der Waals surface area contributed by atoms with E-state index in [1.54, 1.807) is 31.2 Å². The molecule has 1 aromatic rings. The van der Waals surface area contributed by atoms with Crippen molar-refractivity contribution in [2.75, 3.05) is 27.3 Å². The number of benzene rings is 1. The summed E-state index contributed by atoms with van der Waals surface area (Å²) in [6, 6.07) is 6.23. The molecule has 0 aliphatic carbocycles. The van der Waals surface area contributed by atoms with Crippen molar-refractivity contribution >= 4 is 5.97 Å². The molecule has 0 bridgehead atoms. The molecule has 0 fully saturated rings. The maximum Gasteiger partial charge on any atom is 0.322 e. The molecule has 100 valence electrons. The summed E-state index contributed by atoms with van der Waals surface area (Å²) in [7, 11) is 3.21. The molecule has 1 aromatic carbocycles. The van der Waals surface area contributed by atoms with Gasteiger partial charge in [-0.2, -0.15) is 0 Å². The molecule has 1 unspecified atom stereocenters. The molecule has 18 heavy (non-hydrogen) atoms. The van der Waals surface area contributed by atoms with Crippen LogP contribution in [0.2, 0.25) is 0 Å². The van der Waals surface area contributed by atoms with E-state index >= 15 is 0 Å². The molecule has 0 radical (unpaired) electrons. The molecule has 5 nitrogen and oxygen atoms in total. The molecule has 0 amide bonds. The summed E-state index contributed by atoms with van der Waals surface area (Å²) in [6.45, 7) is 2.85. The van der Waals surface area contributed by atoms with E-state index in [1.807, 2.05) is 11.9 Å².